The van der Waals surface area contributed by atoms with E-state index < -0.39 is 5.91 Å². The van der Waals surface area contributed by atoms with Crippen LogP contribution in [0.3, 0.4) is 0 Å². The number of carbonyl (C=O) groups is 1. The summed E-state index contributed by atoms with van der Waals surface area (Å²) in [6.45, 7) is 4.40. The number of aromatic nitrogens is 1. The Morgan fingerprint density at radius 2 is 2.10 bits per heavy atom. The maximum absolute atomic E-state index is 11.3. The van der Waals surface area contributed by atoms with Gasteiger partial charge in [0, 0.05) is 0 Å². The van der Waals surface area contributed by atoms with E-state index in [1.54, 1.807) is 0 Å². The molecule has 5 N–H and O–H groups in total. The molecule has 0 saturated carbocycles. The highest BCUT2D eigenvalue weighted by molar-refractivity contribution is 7.11. The Bertz CT molecular complexity index is 624. The van der Waals surface area contributed by atoms with Crippen LogP contribution in [0.1, 0.15) is 22.8 Å². The van der Waals surface area contributed by atoms with E-state index >= 15 is 0 Å². The second-order valence-corrected chi connectivity index (χ2v) is 5.58. The molecule has 0 aliphatic heterocycles. The van der Waals surface area contributed by atoms with Gasteiger partial charge in [-0.25, -0.2) is 0 Å². The molecule has 0 fully saturated rings. The minimum absolute atomic E-state index is 0.0238. The summed E-state index contributed by atoms with van der Waals surface area (Å²) in [6, 6.07) is 7.79. The second-order valence-electron chi connectivity index (χ2n) is 4.81. The van der Waals surface area contributed by atoms with Crippen molar-refractivity contribution in [1.29, 1.82) is 0 Å². The molecule has 7 heteroatoms. The standard InChI is InChI=1S/C14H18N4O2S/c1-8-3-5-10(6-4-8)20-7-9(2)17-14-11(13(16)19)12(15)18-21-14/h3-6,9,17H,7H2,1-2H3,(H2,15,18)(H2,16,19). The van der Waals surface area contributed by atoms with Crippen molar-refractivity contribution < 1.29 is 9.53 Å². The molecule has 1 atom stereocenters. The number of nitrogens with one attached hydrogen (secondary N) is 1. The Balaban J connectivity index is 1.94. The van der Waals surface area contributed by atoms with E-state index in [1.807, 2.05) is 38.1 Å². The molecule has 0 radical (unpaired) electrons. The van der Waals surface area contributed by atoms with Gasteiger partial charge in [0.15, 0.2) is 5.82 Å². The average Bonchev–Trinajstić information content (AvgIpc) is 2.79. The summed E-state index contributed by atoms with van der Waals surface area (Å²) >= 11 is 1.11. The Hall–Kier alpha value is -2.28. The molecule has 1 unspecified atom stereocenters. The topological polar surface area (TPSA) is 103 Å². The van der Waals surface area contributed by atoms with Crippen molar-refractivity contribution in [2.24, 2.45) is 5.73 Å². The van der Waals surface area contributed by atoms with E-state index in [-0.39, 0.29) is 17.4 Å². The van der Waals surface area contributed by atoms with Crippen molar-refractivity contribution >= 4 is 28.3 Å². The Morgan fingerprint density at radius 1 is 1.43 bits per heavy atom. The van der Waals surface area contributed by atoms with E-state index in [0.717, 1.165) is 17.3 Å². The monoisotopic (exact) mass is 306 g/mol. The van der Waals surface area contributed by atoms with Crippen LogP contribution in [0.2, 0.25) is 0 Å². The van der Waals surface area contributed by atoms with E-state index in [0.29, 0.717) is 11.6 Å². The Kier molecular flexibility index (Phi) is 4.64. The minimum atomic E-state index is -0.588. The number of ether oxygens (including phenoxy) is 1. The summed E-state index contributed by atoms with van der Waals surface area (Å²) < 4.78 is 9.61. The van der Waals surface area contributed by atoms with Crippen molar-refractivity contribution in [3.8, 4) is 5.75 Å². The maximum Gasteiger partial charge on any atom is 0.255 e. The lowest BCUT2D eigenvalue weighted by atomic mass is 10.2. The fraction of sp³-hybridized carbons (Fsp3) is 0.286. The number of nitrogens with two attached hydrogens (primary N) is 2. The number of primary amides is 1. The van der Waals surface area contributed by atoms with Crippen molar-refractivity contribution in [3.63, 3.8) is 0 Å². The number of rotatable bonds is 6. The molecule has 1 heterocycles. The van der Waals surface area contributed by atoms with Gasteiger partial charge >= 0.3 is 0 Å². The average molecular weight is 306 g/mol. The molecule has 0 saturated heterocycles. The van der Waals surface area contributed by atoms with Gasteiger partial charge < -0.3 is 21.5 Å². The van der Waals surface area contributed by atoms with Gasteiger partial charge in [-0.1, -0.05) is 17.7 Å². The minimum Gasteiger partial charge on any atom is -0.491 e. The fourth-order valence-electron chi connectivity index (χ4n) is 1.76. The van der Waals surface area contributed by atoms with E-state index in [4.69, 9.17) is 16.2 Å². The van der Waals surface area contributed by atoms with Crippen LogP contribution in [0.15, 0.2) is 24.3 Å². The number of amides is 1. The molecule has 21 heavy (non-hydrogen) atoms. The quantitative estimate of drug-likeness (QED) is 0.757. The number of carbonyl (C=O) groups excluding carboxylic acids is 1. The molecule has 112 valence electrons. The molecule has 0 aliphatic carbocycles. The normalized spacial score (nSPS) is 11.9. The van der Waals surface area contributed by atoms with Crippen LogP contribution in [0, 0.1) is 6.92 Å². The molecule has 1 aromatic carbocycles. The van der Waals surface area contributed by atoms with Crippen LogP contribution in [0.5, 0.6) is 5.75 Å². The summed E-state index contributed by atoms with van der Waals surface area (Å²) in [5, 5.41) is 3.71. The predicted molar refractivity (Wildman–Crippen MR) is 84.8 cm³/mol. The summed E-state index contributed by atoms with van der Waals surface area (Å²) in [5.74, 6) is 0.366. The van der Waals surface area contributed by atoms with Crippen LogP contribution in [0.25, 0.3) is 0 Å². The van der Waals surface area contributed by atoms with Crippen LogP contribution < -0.4 is 21.5 Å². The molecule has 0 aliphatic rings. The first kappa shape index (κ1) is 15.1. The first-order valence-corrected chi connectivity index (χ1v) is 7.25. The molecular formula is C14H18N4O2S. The number of nitrogens with zero attached hydrogens (tertiary/aromatic N) is 1. The zero-order valence-corrected chi connectivity index (χ0v) is 12.7. The summed E-state index contributed by atoms with van der Waals surface area (Å²) in [7, 11) is 0. The molecule has 1 aromatic heterocycles. The van der Waals surface area contributed by atoms with Crippen LogP contribution in [-0.4, -0.2) is 22.9 Å². The van der Waals surface area contributed by atoms with Crippen LogP contribution >= 0.6 is 11.5 Å². The van der Waals surface area contributed by atoms with E-state index in [2.05, 4.69) is 9.69 Å². The largest absolute Gasteiger partial charge is 0.491 e. The van der Waals surface area contributed by atoms with Gasteiger partial charge in [0.25, 0.3) is 5.91 Å². The van der Waals surface area contributed by atoms with Crippen molar-refractivity contribution in [1.82, 2.24) is 4.37 Å². The lowest BCUT2D eigenvalue weighted by molar-refractivity contribution is 0.100. The zero-order chi connectivity index (χ0) is 15.4. The Labute approximate surface area is 127 Å². The van der Waals surface area contributed by atoms with Gasteiger partial charge in [-0.15, -0.1) is 0 Å². The number of anilines is 2. The lowest BCUT2D eigenvalue weighted by Crippen LogP contribution is -2.25. The number of hydrogen-bond acceptors (Lipinski definition) is 6. The highest BCUT2D eigenvalue weighted by atomic mass is 32.1. The Morgan fingerprint density at radius 3 is 2.71 bits per heavy atom. The van der Waals surface area contributed by atoms with Crippen LogP contribution in [0.4, 0.5) is 10.8 Å². The number of hydrogen-bond donors (Lipinski definition) is 3. The number of nitrogen functional groups attached to an aromatic ring is 1. The predicted octanol–water partition coefficient (Wildman–Crippen LogP) is 2.01. The summed E-state index contributed by atoms with van der Waals surface area (Å²) in [6.07, 6.45) is 0. The highest BCUT2D eigenvalue weighted by Gasteiger charge is 2.18. The molecule has 6 nitrogen and oxygen atoms in total. The lowest BCUT2D eigenvalue weighted by Gasteiger charge is -2.15. The molecule has 0 spiro atoms. The van der Waals surface area contributed by atoms with Gasteiger partial charge in [-0.3, -0.25) is 4.79 Å². The SMILES string of the molecule is Cc1ccc(OCC(C)Nc2snc(N)c2C(N)=O)cc1. The molecule has 1 amide bonds. The third-order valence-corrected chi connectivity index (χ3v) is 3.66. The van der Waals surface area contributed by atoms with Gasteiger partial charge in [-0.2, -0.15) is 4.37 Å². The van der Waals surface area contributed by atoms with Gasteiger partial charge in [0.1, 0.15) is 22.9 Å². The fourth-order valence-corrected chi connectivity index (χ4v) is 2.59. The number of aryl methyl sites for hydroxylation is 1. The van der Waals surface area contributed by atoms with Gasteiger partial charge in [-0.05, 0) is 37.5 Å². The van der Waals surface area contributed by atoms with Gasteiger partial charge in [0.05, 0.1) is 6.04 Å². The summed E-state index contributed by atoms with van der Waals surface area (Å²) in [5.41, 5.74) is 12.3. The number of benzene rings is 1. The second kappa shape index (κ2) is 6.45. The molecule has 2 aromatic rings. The van der Waals surface area contributed by atoms with Crippen LogP contribution in [-0.2, 0) is 0 Å². The molecule has 0 bridgehead atoms. The molecule has 2 rings (SSSR count). The van der Waals surface area contributed by atoms with Gasteiger partial charge in [0.2, 0.25) is 0 Å². The third-order valence-electron chi connectivity index (χ3n) is 2.86. The first-order chi connectivity index (χ1) is 9.97. The third kappa shape index (κ3) is 3.85. The first-order valence-electron chi connectivity index (χ1n) is 6.48. The smallest absolute Gasteiger partial charge is 0.255 e. The summed E-state index contributed by atoms with van der Waals surface area (Å²) in [4.78, 5) is 11.3. The van der Waals surface area contributed by atoms with Crippen molar-refractivity contribution in [3.05, 3.63) is 35.4 Å². The zero-order valence-electron chi connectivity index (χ0n) is 11.9. The van der Waals surface area contributed by atoms with E-state index in [1.165, 1.54) is 5.56 Å². The maximum atomic E-state index is 11.3. The van der Waals surface area contributed by atoms with Crippen molar-refractivity contribution in [2.45, 2.75) is 19.9 Å². The molecular weight excluding hydrogens is 288 g/mol. The van der Waals surface area contributed by atoms with Crippen molar-refractivity contribution in [2.75, 3.05) is 17.7 Å². The van der Waals surface area contributed by atoms with E-state index in [9.17, 15) is 4.79 Å². The highest BCUT2D eigenvalue weighted by Crippen LogP contribution is 2.26.